The van der Waals surface area contributed by atoms with E-state index in [4.69, 9.17) is 0 Å². The summed E-state index contributed by atoms with van der Waals surface area (Å²) in [5.74, 6) is 0. The van der Waals surface area contributed by atoms with Gasteiger partial charge in [0.25, 0.3) is 0 Å². The maximum absolute atomic E-state index is 9.32. The normalized spacial score (nSPS) is 12.7. The molecular formula is C40H27NS. The molecule has 0 N–H and O–H groups in total. The minimum atomic E-state index is -0.0934. The molecular weight excluding hydrogens is 527 g/mol. The maximum atomic E-state index is 9.32. The van der Waals surface area contributed by atoms with E-state index in [0.29, 0.717) is 11.1 Å². The molecule has 0 bridgehead atoms. The third-order valence-corrected chi connectivity index (χ3v) is 8.86. The van der Waals surface area contributed by atoms with Gasteiger partial charge in [-0.05, 0) is 81.5 Å². The highest BCUT2D eigenvalue weighted by molar-refractivity contribution is 7.25. The van der Waals surface area contributed by atoms with Crippen LogP contribution in [0.15, 0.2) is 164 Å². The van der Waals surface area contributed by atoms with Crippen LogP contribution in [0.2, 0.25) is 0 Å². The van der Waals surface area contributed by atoms with Crippen LogP contribution < -0.4 is 4.90 Å². The average molecular weight is 558 g/mol. The van der Waals surface area contributed by atoms with Crippen molar-refractivity contribution in [1.82, 2.24) is 0 Å². The molecule has 8 aromatic rings. The van der Waals surface area contributed by atoms with Crippen molar-refractivity contribution in [3.8, 4) is 22.3 Å². The fraction of sp³-hybridized carbons (Fsp3) is 0. The fourth-order valence-corrected chi connectivity index (χ4v) is 6.94. The molecule has 0 aliphatic rings. The fourth-order valence-electron chi connectivity index (χ4n) is 5.81. The van der Waals surface area contributed by atoms with Gasteiger partial charge in [0, 0.05) is 37.2 Å². The van der Waals surface area contributed by atoms with Crippen molar-refractivity contribution in [2.45, 2.75) is 0 Å². The standard InChI is InChI=1S/C40H27NS/c1-2-14-31(15-3-1)41(32-25-23-29(24-26-32)35-19-9-12-28-11-4-5-17-34(28)35)33-16-8-13-30(27-33)36-20-10-22-39-40(36)37-18-6-7-21-38(37)42-39/h1-27H/i23D,24D,25D,26D. The first-order valence-corrected chi connectivity index (χ1v) is 14.8. The molecule has 1 aromatic heterocycles. The van der Waals surface area contributed by atoms with Gasteiger partial charge in [-0.3, -0.25) is 0 Å². The molecule has 0 amide bonds. The summed E-state index contributed by atoms with van der Waals surface area (Å²) in [5.41, 5.74) is 4.81. The van der Waals surface area contributed by atoms with Crippen LogP contribution in [0.1, 0.15) is 5.48 Å². The molecule has 7 aromatic carbocycles. The molecule has 0 radical (unpaired) electrons. The molecule has 0 aliphatic carbocycles. The first-order chi connectivity index (χ1) is 22.5. The molecule has 0 fully saturated rings. The second kappa shape index (κ2) is 10.3. The molecule has 0 saturated carbocycles. The lowest BCUT2D eigenvalue weighted by Crippen LogP contribution is -2.09. The zero-order valence-electron chi connectivity index (χ0n) is 26.6. The molecule has 0 aliphatic heterocycles. The molecule has 8 rings (SSSR count). The van der Waals surface area contributed by atoms with Gasteiger partial charge in [-0.15, -0.1) is 11.3 Å². The van der Waals surface area contributed by atoms with E-state index in [1.165, 1.54) is 20.2 Å². The van der Waals surface area contributed by atoms with Crippen LogP contribution >= 0.6 is 11.3 Å². The Morgan fingerprint density at radius 1 is 0.452 bits per heavy atom. The first kappa shape index (κ1) is 20.7. The Labute approximate surface area is 255 Å². The van der Waals surface area contributed by atoms with E-state index < -0.39 is 0 Å². The molecule has 0 spiro atoms. The van der Waals surface area contributed by atoms with Crippen LogP contribution in [-0.4, -0.2) is 0 Å². The highest BCUT2D eigenvalue weighted by Gasteiger charge is 2.16. The van der Waals surface area contributed by atoms with Gasteiger partial charge in [0.15, 0.2) is 0 Å². The quantitative estimate of drug-likeness (QED) is 0.203. The number of fused-ring (bicyclic) bond motifs is 4. The SMILES string of the molecule is [2H]c1c([2H])c(N(c2ccccc2)c2cccc(-c3cccc4sc5ccccc5c34)c2)c([2H])c([2H])c1-c1cccc2ccccc12. The second-order valence-electron chi connectivity index (χ2n) is 10.2. The Morgan fingerprint density at radius 2 is 1.10 bits per heavy atom. The van der Waals surface area contributed by atoms with Crippen molar-refractivity contribution in [3.05, 3.63) is 164 Å². The summed E-state index contributed by atoms with van der Waals surface area (Å²) in [7, 11) is 0. The summed E-state index contributed by atoms with van der Waals surface area (Å²) < 4.78 is 39.5. The Hall–Kier alpha value is -5.18. The molecule has 2 heteroatoms. The largest absolute Gasteiger partial charge is 0.310 e. The lowest BCUT2D eigenvalue weighted by molar-refractivity contribution is 1.28. The number of rotatable bonds is 5. The van der Waals surface area contributed by atoms with E-state index >= 15 is 0 Å². The van der Waals surface area contributed by atoms with Gasteiger partial charge in [0.2, 0.25) is 0 Å². The van der Waals surface area contributed by atoms with E-state index in [0.717, 1.165) is 33.3 Å². The summed E-state index contributed by atoms with van der Waals surface area (Å²) in [6.45, 7) is 0. The van der Waals surface area contributed by atoms with Crippen molar-refractivity contribution in [2.75, 3.05) is 4.90 Å². The minimum absolute atomic E-state index is 0.0704. The maximum Gasteiger partial charge on any atom is 0.0645 e. The highest BCUT2D eigenvalue weighted by atomic mass is 32.1. The summed E-state index contributed by atoms with van der Waals surface area (Å²) in [4.78, 5) is 1.85. The van der Waals surface area contributed by atoms with Gasteiger partial charge in [-0.25, -0.2) is 0 Å². The number of anilines is 3. The molecule has 0 atom stereocenters. The van der Waals surface area contributed by atoms with Crippen molar-refractivity contribution >= 4 is 59.3 Å². The lowest BCUT2D eigenvalue weighted by atomic mass is 9.97. The predicted molar refractivity (Wildman–Crippen MR) is 182 cm³/mol. The zero-order chi connectivity index (χ0) is 31.4. The minimum Gasteiger partial charge on any atom is -0.310 e. The van der Waals surface area contributed by atoms with Gasteiger partial charge >= 0.3 is 0 Å². The molecule has 198 valence electrons. The van der Waals surface area contributed by atoms with Crippen LogP contribution in [0.3, 0.4) is 0 Å². The summed E-state index contributed by atoms with van der Waals surface area (Å²) in [6, 6.07) is 45.9. The molecule has 1 nitrogen and oxygen atoms in total. The number of nitrogens with zero attached hydrogens (tertiary/aromatic N) is 1. The van der Waals surface area contributed by atoms with E-state index in [2.05, 4.69) is 54.6 Å². The van der Waals surface area contributed by atoms with E-state index in [1.54, 1.807) is 11.3 Å². The Balaban J connectivity index is 1.35. The third kappa shape index (κ3) is 4.25. The van der Waals surface area contributed by atoms with Crippen molar-refractivity contribution < 1.29 is 5.48 Å². The molecule has 0 unspecified atom stereocenters. The summed E-state index contributed by atoms with van der Waals surface area (Å²) in [6.07, 6.45) is 0. The van der Waals surface area contributed by atoms with E-state index in [1.807, 2.05) is 89.8 Å². The van der Waals surface area contributed by atoms with Gasteiger partial charge in [-0.2, -0.15) is 0 Å². The molecule has 1 heterocycles. The molecule has 42 heavy (non-hydrogen) atoms. The van der Waals surface area contributed by atoms with Crippen LogP contribution in [0.4, 0.5) is 17.1 Å². The summed E-state index contributed by atoms with van der Waals surface area (Å²) >= 11 is 1.78. The Morgan fingerprint density at radius 3 is 1.98 bits per heavy atom. The van der Waals surface area contributed by atoms with Crippen molar-refractivity contribution in [3.63, 3.8) is 0 Å². The third-order valence-electron chi connectivity index (χ3n) is 7.73. The van der Waals surface area contributed by atoms with Crippen LogP contribution in [-0.2, 0) is 0 Å². The topological polar surface area (TPSA) is 3.24 Å². The van der Waals surface area contributed by atoms with E-state index in [9.17, 15) is 5.48 Å². The zero-order valence-corrected chi connectivity index (χ0v) is 23.5. The van der Waals surface area contributed by atoms with Crippen LogP contribution in [0.25, 0.3) is 53.2 Å². The number of hydrogen-bond acceptors (Lipinski definition) is 2. The average Bonchev–Trinajstić information content (AvgIpc) is 3.49. The van der Waals surface area contributed by atoms with E-state index in [-0.39, 0.29) is 29.9 Å². The smallest absolute Gasteiger partial charge is 0.0645 e. The van der Waals surface area contributed by atoms with Crippen molar-refractivity contribution in [1.29, 1.82) is 0 Å². The van der Waals surface area contributed by atoms with Gasteiger partial charge in [0.05, 0.1) is 5.48 Å². The van der Waals surface area contributed by atoms with Crippen molar-refractivity contribution in [2.24, 2.45) is 0 Å². The monoisotopic (exact) mass is 557 g/mol. The summed E-state index contributed by atoms with van der Waals surface area (Å²) in [5, 5.41) is 4.29. The number of hydrogen-bond donors (Lipinski definition) is 0. The van der Waals surface area contributed by atoms with Crippen LogP contribution in [0.5, 0.6) is 0 Å². The van der Waals surface area contributed by atoms with Gasteiger partial charge in [-0.1, -0.05) is 115 Å². The first-order valence-electron chi connectivity index (χ1n) is 16.0. The van der Waals surface area contributed by atoms with Gasteiger partial charge < -0.3 is 4.90 Å². The molecule has 0 saturated heterocycles. The van der Waals surface area contributed by atoms with Crippen LogP contribution in [0, 0.1) is 0 Å². The second-order valence-corrected chi connectivity index (χ2v) is 11.3. The van der Waals surface area contributed by atoms with Gasteiger partial charge in [0.1, 0.15) is 0 Å². The Kier molecular flexibility index (Phi) is 5.08. The Bertz CT molecular complexity index is 2400. The number of para-hydroxylation sites is 1. The highest BCUT2D eigenvalue weighted by Crippen LogP contribution is 2.42. The number of benzene rings is 7. The number of thiophene rings is 1. The lowest BCUT2D eigenvalue weighted by Gasteiger charge is -2.26. The predicted octanol–water partition coefficient (Wildman–Crippen LogP) is 12.0.